The lowest BCUT2D eigenvalue weighted by Gasteiger charge is -2.38. The third-order valence-corrected chi connectivity index (χ3v) is 4.67. The molecule has 0 aliphatic carbocycles. The summed E-state index contributed by atoms with van der Waals surface area (Å²) in [6, 6.07) is 4.00. The summed E-state index contributed by atoms with van der Waals surface area (Å²) in [5, 5.41) is 13.6. The fraction of sp³-hybridized carbons (Fsp3) is 0.600. The molecule has 0 spiro atoms. The quantitative estimate of drug-likeness (QED) is 0.739. The van der Waals surface area contributed by atoms with Crippen molar-refractivity contribution in [2.45, 2.75) is 52.3 Å². The van der Waals surface area contributed by atoms with Crippen LogP contribution in [0.3, 0.4) is 0 Å². The van der Waals surface area contributed by atoms with Crippen LogP contribution in [0.2, 0.25) is 0 Å². The van der Waals surface area contributed by atoms with Gasteiger partial charge in [0, 0.05) is 22.1 Å². The minimum Gasteiger partial charge on any atom is -0.492 e. The first-order valence-electron chi connectivity index (χ1n) is 6.66. The monoisotopic (exact) mass is 407 g/mol. The molecule has 0 bridgehead atoms. The van der Waals surface area contributed by atoms with Gasteiger partial charge in [0.05, 0.1) is 16.7 Å². The van der Waals surface area contributed by atoms with Crippen molar-refractivity contribution in [2.75, 3.05) is 6.61 Å². The number of hydrogen-bond acceptors (Lipinski definition) is 3. The van der Waals surface area contributed by atoms with Crippen LogP contribution >= 0.6 is 31.9 Å². The van der Waals surface area contributed by atoms with Gasteiger partial charge in [0.25, 0.3) is 0 Å². The maximum Gasteiger partial charge on any atom is 0.138 e. The fourth-order valence-corrected chi connectivity index (χ4v) is 3.01. The van der Waals surface area contributed by atoms with Gasteiger partial charge in [0.1, 0.15) is 5.75 Å². The SMILES string of the molecule is CCOc1c(Br)cc(Br)cc1CNC(C)(C)C(C)(C)O. The molecule has 3 nitrogen and oxygen atoms in total. The largest absolute Gasteiger partial charge is 0.492 e. The molecule has 0 radical (unpaired) electrons. The Morgan fingerprint density at radius 2 is 1.80 bits per heavy atom. The normalized spacial score (nSPS) is 12.6. The molecule has 0 aliphatic heterocycles. The highest BCUT2D eigenvalue weighted by Gasteiger charge is 2.34. The Morgan fingerprint density at radius 1 is 1.20 bits per heavy atom. The Hall–Kier alpha value is -0.100. The molecule has 0 amide bonds. The first-order chi connectivity index (χ1) is 9.08. The summed E-state index contributed by atoms with van der Waals surface area (Å²) in [5.74, 6) is 0.842. The summed E-state index contributed by atoms with van der Waals surface area (Å²) in [6.45, 7) is 10.8. The Morgan fingerprint density at radius 3 is 2.30 bits per heavy atom. The lowest BCUT2D eigenvalue weighted by Crippen LogP contribution is -2.55. The van der Waals surface area contributed by atoms with E-state index in [1.54, 1.807) is 13.8 Å². The van der Waals surface area contributed by atoms with Crippen molar-refractivity contribution in [3.8, 4) is 5.75 Å². The molecule has 0 saturated heterocycles. The van der Waals surface area contributed by atoms with Crippen LogP contribution in [0, 0.1) is 0 Å². The number of halogens is 2. The van der Waals surface area contributed by atoms with Gasteiger partial charge >= 0.3 is 0 Å². The standard InChI is InChI=1S/C15H23Br2NO2/c1-6-20-13-10(7-11(16)8-12(13)17)9-18-14(2,3)15(4,5)19/h7-8,18-19H,6,9H2,1-5H3. The molecule has 0 atom stereocenters. The maximum absolute atomic E-state index is 10.2. The van der Waals surface area contributed by atoms with Crippen LogP contribution in [0.25, 0.3) is 0 Å². The first-order valence-corrected chi connectivity index (χ1v) is 8.25. The third kappa shape index (κ3) is 4.45. The lowest BCUT2D eigenvalue weighted by molar-refractivity contribution is -0.00541. The van der Waals surface area contributed by atoms with Gasteiger partial charge in [0.15, 0.2) is 0 Å². The van der Waals surface area contributed by atoms with Gasteiger partial charge in [-0.05, 0) is 62.7 Å². The zero-order chi connectivity index (χ0) is 15.6. The van der Waals surface area contributed by atoms with Crippen molar-refractivity contribution in [1.82, 2.24) is 5.32 Å². The highest BCUT2D eigenvalue weighted by Crippen LogP contribution is 2.33. The molecule has 1 aromatic rings. The van der Waals surface area contributed by atoms with Gasteiger partial charge in [-0.15, -0.1) is 0 Å². The van der Waals surface area contributed by atoms with Crippen LogP contribution in [0.5, 0.6) is 5.75 Å². The Balaban J connectivity index is 2.98. The van der Waals surface area contributed by atoms with E-state index in [2.05, 4.69) is 37.2 Å². The van der Waals surface area contributed by atoms with E-state index >= 15 is 0 Å². The number of hydrogen-bond donors (Lipinski definition) is 2. The van der Waals surface area contributed by atoms with E-state index in [1.165, 1.54) is 0 Å². The second-order valence-electron chi connectivity index (χ2n) is 5.85. The van der Waals surface area contributed by atoms with Crippen LogP contribution in [0.4, 0.5) is 0 Å². The van der Waals surface area contributed by atoms with Gasteiger partial charge in [-0.1, -0.05) is 15.9 Å². The van der Waals surface area contributed by atoms with Crippen LogP contribution in [-0.4, -0.2) is 22.9 Å². The van der Waals surface area contributed by atoms with Gasteiger partial charge in [-0.25, -0.2) is 0 Å². The number of benzene rings is 1. The average molecular weight is 409 g/mol. The van der Waals surface area contributed by atoms with Crippen LogP contribution in [0.15, 0.2) is 21.1 Å². The van der Waals surface area contributed by atoms with Crippen LogP contribution < -0.4 is 10.1 Å². The van der Waals surface area contributed by atoms with Crippen LogP contribution in [0.1, 0.15) is 40.2 Å². The Kier molecular flexibility index (Phi) is 6.08. The number of ether oxygens (including phenoxy) is 1. The number of nitrogens with one attached hydrogen (secondary N) is 1. The van der Waals surface area contributed by atoms with E-state index < -0.39 is 11.1 Å². The second-order valence-corrected chi connectivity index (χ2v) is 7.62. The first kappa shape index (κ1) is 18.0. The molecule has 1 rings (SSSR count). The molecule has 0 heterocycles. The van der Waals surface area contributed by atoms with Gasteiger partial charge in [-0.3, -0.25) is 0 Å². The minimum absolute atomic E-state index is 0.411. The maximum atomic E-state index is 10.2. The summed E-state index contributed by atoms with van der Waals surface area (Å²) in [5.41, 5.74) is -0.182. The van der Waals surface area contributed by atoms with Crippen molar-refractivity contribution < 1.29 is 9.84 Å². The van der Waals surface area contributed by atoms with E-state index in [9.17, 15) is 5.11 Å². The number of rotatable bonds is 6. The predicted molar refractivity (Wildman–Crippen MR) is 90.2 cm³/mol. The molecular weight excluding hydrogens is 386 g/mol. The van der Waals surface area contributed by atoms with Crippen molar-refractivity contribution >= 4 is 31.9 Å². The van der Waals surface area contributed by atoms with E-state index in [0.29, 0.717) is 13.2 Å². The van der Waals surface area contributed by atoms with Gasteiger partial charge in [-0.2, -0.15) is 0 Å². The molecule has 1 aromatic carbocycles. The number of aliphatic hydroxyl groups is 1. The van der Waals surface area contributed by atoms with E-state index in [1.807, 2.05) is 32.9 Å². The van der Waals surface area contributed by atoms with E-state index in [4.69, 9.17) is 4.74 Å². The van der Waals surface area contributed by atoms with Crippen molar-refractivity contribution in [2.24, 2.45) is 0 Å². The van der Waals surface area contributed by atoms with Crippen molar-refractivity contribution in [3.05, 3.63) is 26.6 Å². The third-order valence-electron chi connectivity index (χ3n) is 3.62. The molecular formula is C15H23Br2NO2. The average Bonchev–Trinajstić information content (AvgIpc) is 2.29. The van der Waals surface area contributed by atoms with Gasteiger partial charge < -0.3 is 15.2 Å². The molecule has 5 heteroatoms. The minimum atomic E-state index is -0.817. The van der Waals surface area contributed by atoms with Gasteiger partial charge in [0.2, 0.25) is 0 Å². The fourth-order valence-electron chi connectivity index (χ4n) is 1.58. The molecule has 0 aliphatic rings. The van der Waals surface area contributed by atoms with Crippen molar-refractivity contribution in [3.63, 3.8) is 0 Å². The molecule has 0 fully saturated rings. The second kappa shape index (κ2) is 6.77. The van der Waals surface area contributed by atoms with E-state index in [0.717, 1.165) is 20.3 Å². The predicted octanol–water partition coefficient (Wildman–Crippen LogP) is 4.25. The Labute approximate surface area is 138 Å². The zero-order valence-corrected chi connectivity index (χ0v) is 15.9. The molecule has 20 heavy (non-hydrogen) atoms. The summed E-state index contributed by atoms with van der Waals surface area (Å²) in [6.07, 6.45) is 0. The van der Waals surface area contributed by atoms with Crippen molar-refractivity contribution in [1.29, 1.82) is 0 Å². The van der Waals surface area contributed by atoms with Crippen LogP contribution in [-0.2, 0) is 6.54 Å². The highest BCUT2D eigenvalue weighted by atomic mass is 79.9. The Bertz CT molecular complexity index is 468. The lowest BCUT2D eigenvalue weighted by atomic mass is 9.86. The van der Waals surface area contributed by atoms with E-state index in [-0.39, 0.29) is 0 Å². The molecule has 0 unspecified atom stereocenters. The molecule has 0 aromatic heterocycles. The summed E-state index contributed by atoms with van der Waals surface area (Å²) < 4.78 is 7.62. The highest BCUT2D eigenvalue weighted by molar-refractivity contribution is 9.11. The smallest absolute Gasteiger partial charge is 0.138 e. The molecule has 114 valence electrons. The molecule has 0 saturated carbocycles. The molecule has 2 N–H and O–H groups in total. The summed E-state index contributed by atoms with van der Waals surface area (Å²) in [7, 11) is 0. The summed E-state index contributed by atoms with van der Waals surface area (Å²) in [4.78, 5) is 0. The zero-order valence-electron chi connectivity index (χ0n) is 12.7. The summed E-state index contributed by atoms with van der Waals surface area (Å²) >= 11 is 7.02. The topological polar surface area (TPSA) is 41.5 Å².